The Hall–Kier alpha value is -7.94. The summed E-state index contributed by atoms with van der Waals surface area (Å²) in [6.07, 6.45) is 0. The molecule has 0 atom stereocenters. The minimum atomic E-state index is 0.895. The molecule has 1 heterocycles. The fraction of sp³-hybridized carbons (Fsp3) is 0. The molecule has 0 aliphatic heterocycles. The number of benzene rings is 10. The summed E-state index contributed by atoms with van der Waals surface area (Å²) >= 11 is 0. The Kier molecular flexibility index (Phi) is 8.87. The van der Waals surface area contributed by atoms with Gasteiger partial charge >= 0.3 is 0 Å². The molecule has 0 saturated heterocycles. The van der Waals surface area contributed by atoms with E-state index < -0.39 is 0 Å². The van der Waals surface area contributed by atoms with Crippen molar-refractivity contribution in [2.24, 2.45) is 0 Å². The highest BCUT2D eigenvalue weighted by Gasteiger charge is 2.19. The largest absolute Gasteiger partial charge is 0.455 e. The van der Waals surface area contributed by atoms with Crippen LogP contribution in [0.3, 0.4) is 0 Å². The number of furan rings is 1. The van der Waals surface area contributed by atoms with E-state index in [4.69, 9.17) is 4.42 Å². The van der Waals surface area contributed by atoms with E-state index in [2.05, 4.69) is 235 Å². The van der Waals surface area contributed by atoms with Crippen LogP contribution in [0, 0.1) is 0 Å². The van der Waals surface area contributed by atoms with Gasteiger partial charge in [-0.05, 0) is 115 Å². The molecule has 60 heavy (non-hydrogen) atoms. The number of anilines is 3. The van der Waals surface area contributed by atoms with E-state index in [0.29, 0.717) is 0 Å². The Labute approximate surface area is 349 Å². The Balaban J connectivity index is 0.994. The van der Waals surface area contributed by atoms with Crippen LogP contribution in [0.5, 0.6) is 0 Å². The van der Waals surface area contributed by atoms with E-state index in [9.17, 15) is 0 Å². The first kappa shape index (κ1) is 35.2. The third-order valence-corrected chi connectivity index (χ3v) is 11.7. The zero-order chi connectivity index (χ0) is 39.8. The summed E-state index contributed by atoms with van der Waals surface area (Å²) in [6, 6.07) is 84.8. The minimum Gasteiger partial charge on any atom is -0.455 e. The fourth-order valence-corrected chi connectivity index (χ4v) is 8.62. The van der Waals surface area contributed by atoms with Crippen LogP contribution in [0.25, 0.3) is 88.3 Å². The molecular formula is C58H39NO. The molecule has 1 aromatic heterocycles. The molecule has 10 aromatic carbocycles. The van der Waals surface area contributed by atoms with Crippen LogP contribution >= 0.6 is 0 Å². The quantitative estimate of drug-likeness (QED) is 0.153. The number of hydrogen-bond acceptors (Lipinski definition) is 2. The van der Waals surface area contributed by atoms with E-state index >= 15 is 0 Å². The van der Waals surface area contributed by atoms with Gasteiger partial charge in [0.2, 0.25) is 0 Å². The molecule has 282 valence electrons. The standard InChI is InChI=1S/C58H39NO/c1-3-11-40(12-4-1)43-19-21-44(22-20-43)46-27-33-51(34-28-46)59(50-31-25-45(26-32-50)41-13-5-2-6-14-41)52-35-29-47(30-36-52)53-37-38-55-54-17-9-10-18-56(54)60-58(55)57(53)49-24-23-42-15-7-8-16-48(42)39-49/h1-39H. The van der Waals surface area contributed by atoms with E-state index in [0.717, 1.165) is 61.3 Å². The number of fused-ring (bicyclic) bond motifs is 4. The van der Waals surface area contributed by atoms with E-state index in [-0.39, 0.29) is 0 Å². The molecule has 2 nitrogen and oxygen atoms in total. The summed E-state index contributed by atoms with van der Waals surface area (Å²) in [5.41, 5.74) is 16.7. The molecule has 0 unspecified atom stereocenters. The second-order valence-electron chi connectivity index (χ2n) is 15.3. The summed E-state index contributed by atoms with van der Waals surface area (Å²) in [7, 11) is 0. The first-order valence-corrected chi connectivity index (χ1v) is 20.5. The topological polar surface area (TPSA) is 16.4 Å². The summed E-state index contributed by atoms with van der Waals surface area (Å²) in [5, 5.41) is 4.67. The Bertz CT molecular complexity index is 3260. The van der Waals surface area contributed by atoms with Crippen LogP contribution in [0.15, 0.2) is 241 Å². The highest BCUT2D eigenvalue weighted by molar-refractivity contribution is 6.13. The van der Waals surface area contributed by atoms with Gasteiger partial charge in [0.05, 0.1) is 0 Å². The molecular weight excluding hydrogens is 727 g/mol. The van der Waals surface area contributed by atoms with Crippen molar-refractivity contribution in [1.29, 1.82) is 0 Å². The first-order valence-electron chi connectivity index (χ1n) is 20.5. The smallest absolute Gasteiger partial charge is 0.143 e. The van der Waals surface area contributed by atoms with Crippen molar-refractivity contribution >= 4 is 49.8 Å². The van der Waals surface area contributed by atoms with Gasteiger partial charge in [-0.3, -0.25) is 0 Å². The predicted molar refractivity (Wildman–Crippen MR) is 253 cm³/mol. The van der Waals surface area contributed by atoms with E-state index in [1.165, 1.54) is 44.2 Å². The van der Waals surface area contributed by atoms with Gasteiger partial charge in [0.15, 0.2) is 0 Å². The molecule has 0 spiro atoms. The highest BCUT2D eigenvalue weighted by atomic mass is 16.3. The second kappa shape index (κ2) is 15.1. The van der Waals surface area contributed by atoms with Gasteiger partial charge in [0.25, 0.3) is 0 Å². The molecule has 0 aliphatic carbocycles. The van der Waals surface area contributed by atoms with Gasteiger partial charge in [-0.25, -0.2) is 0 Å². The third-order valence-electron chi connectivity index (χ3n) is 11.7. The van der Waals surface area contributed by atoms with Gasteiger partial charge in [0, 0.05) is 33.4 Å². The molecule has 0 saturated carbocycles. The average Bonchev–Trinajstić information content (AvgIpc) is 3.71. The van der Waals surface area contributed by atoms with Crippen LogP contribution in [0.2, 0.25) is 0 Å². The van der Waals surface area contributed by atoms with Gasteiger partial charge < -0.3 is 9.32 Å². The summed E-state index contributed by atoms with van der Waals surface area (Å²) in [6.45, 7) is 0. The van der Waals surface area contributed by atoms with Crippen LogP contribution < -0.4 is 4.90 Å². The van der Waals surface area contributed by atoms with Crippen molar-refractivity contribution in [2.45, 2.75) is 0 Å². The fourth-order valence-electron chi connectivity index (χ4n) is 8.62. The van der Waals surface area contributed by atoms with Gasteiger partial charge in [-0.1, -0.05) is 182 Å². The molecule has 11 rings (SSSR count). The van der Waals surface area contributed by atoms with Gasteiger partial charge in [0.1, 0.15) is 11.2 Å². The van der Waals surface area contributed by atoms with Crippen LogP contribution in [-0.4, -0.2) is 0 Å². The molecule has 0 bridgehead atoms. The lowest BCUT2D eigenvalue weighted by molar-refractivity contribution is 0.670. The van der Waals surface area contributed by atoms with Gasteiger partial charge in [-0.2, -0.15) is 0 Å². The molecule has 0 aliphatic rings. The Morgan fingerprint density at radius 3 is 1.28 bits per heavy atom. The van der Waals surface area contributed by atoms with Crippen molar-refractivity contribution in [2.75, 3.05) is 4.90 Å². The normalized spacial score (nSPS) is 11.3. The molecule has 0 amide bonds. The SMILES string of the molecule is c1ccc(-c2ccc(-c3ccc(N(c4ccc(-c5ccccc5)cc4)c4ccc(-c5ccc6c(oc7ccccc76)c5-c5ccc6ccccc6c5)cc4)cc3)cc2)cc1. The molecule has 0 radical (unpaired) electrons. The Morgan fingerprint density at radius 2 is 0.717 bits per heavy atom. The minimum absolute atomic E-state index is 0.895. The molecule has 0 N–H and O–H groups in total. The lowest BCUT2D eigenvalue weighted by Crippen LogP contribution is -2.09. The van der Waals surface area contributed by atoms with Crippen molar-refractivity contribution in [1.82, 2.24) is 0 Å². The highest BCUT2D eigenvalue weighted by Crippen LogP contribution is 2.44. The summed E-state index contributed by atoms with van der Waals surface area (Å²) in [4.78, 5) is 2.34. The zero-order valence-corrected chi connectivity index (χ0v) is 32.9. The maximum absolute atomic E-state index is 6.69. The second-order valence-corrected chi connectivity index (χ2v) is 15.3. The number of hydrogen-bond donors (Lipinski definition) is 0. The lowest BCUT2D eigenvalue weighted by atomic mass is 9.91. The first-order chi connectivity index (χ1) is 29.7. The summed E-state index contributed by atoms with van der Waals surface area (Å²) < 4.78 is 6.69. The summed E-state index contributed by atoms with van der Waals surface area (Å²) in [5.74, 6) is 0. The molecule has 2 heteroatoms. The van der Waals surface area contributed by atoms with Crippen LogP contribution in [0.1, 0.15) is 0 Å². The van der Waals surface area contributed by atoms with Crippen LogP contribution in [-0.2, 0) is 0 Å². The predicted octanol–water partition coefficient (Wildman–Crippen LogP) is 16.5. The molecule has 11 aromatic rings. The number of nitrogens with zero attached hydrogens (tertiary/aromatic N) is 1. The van der Waals surface area contributed by atoms with Crippen molar-refractivity contribution in [3.63, 3.8) is 0 Å². The lowest BCUT2D eigenvalue weighted by Gasteiger charge is -2.26. The number of rotatable bonds is 8. The van der Waals surface area contributed by atoms with Crippen molar-refractivity contribution in [3.05, 3.63) is 237 Å². The van der Waals surface area contributed by atoms with Crippen LogP contribution in [0.4, 0.5) is 17.1 Å². The monoisotopic (exact) mass is 765 g/mol. The van der Waals surface area contributed by atoms with Crippen molar-refractivity contribution < 1.29 is 4.42 Å². The third kappa shape index (κ3) is 6.51. The van der Waals surface area contributed by atoms with E-state index in [1.54, 1.807) is 0 Å². The molecule has 0 fully saturated rings. The maximum atomic E-state index is 6.69. The maximum Gasteiger partial charge on any atom is 0.143 e. The van der Waals surface area contributed by atoms with Gasteiger partial charge in [-0.15, -0.1) is 0 Å². The average molecular weight is 766 g/mol. The van der Waals surface area contributed by atoms with Crippen molar-refractivity contribution in [3.8, 4) is 55.6 Å². The van der Waals surface area contributed by atoms with E-state index in [1.807, 2.05) is 6.07 Å². The zero-order valence-electron chi connectivity index (χ0n) is 32.9. The Morgan fingerprint density at radius 1 is 0.283 bits per heavy atom. The number of para-hydroxylation sites is 1.